The molecule has 0 heterocycles. The predicted octanol–water partition coefficient (Wildman–Crippen LogP) is 3.16. The van der Waals surface area contributed by atoms with E-state index in [1.165, 1.54) is 6.92 Å². The topological polar surface area (TPSA) is 92.1 Å². The van der Waals surface area contributed by atoms with Crippen molar-refractivity contribution >= 4 is 23.5 Å². The molecule has 0 radical (unpaired) electrons. The van der Waals surface area contributed by atoms with Crippen LogP contribution < -0.4 is 0 Å². The van der Waals surface area contributed by atoms with Crippen molar-refractivity contribution < 1.29 is 14.3 Å². The molecule has 0 aliphatic heterocycles. The van der Waals surface area contributed by atoms with Gasteiger partial charge in [-0.25, -0.2) is 0 Å². The van der Waals surface area contributed by atoms with Gasteiger partial charge in [0, 0.05) is 10.6 Å². The van der Waals surface area contributed by atoms with Gasteiger partial charge < -0.3 is 4.74 Å². The molecule has 0 amide bonds. The maximum atomic E-state index is 11.1. The number of carbonyl (C=O) groups is 2. The molecule has 6 heteroatoms. The summed E-state index contributed by atoms with van der Waals surface area (Å²) in [5, 5.41) is 3.45. The molecular formula is C13H13N3O3. The normalized spacial score (nSPS) is 9.95. The van der Waals surface area contributed by atoms with Crippen LogP contribution in [0.1, 0.15) is 18.9 Å². The van der Waals surface area contributed by atoms with E-state index in [0.29, 0.717) is 5.69 Å². The average Bonchev–Trinajstić information content (AvgIpc) is 2.36. The monoisotopic (exact) mass is 259 g/mol. The van der Waals surface area contributed by atoms with Crippen LogP contribution in [0.15, 0.2) is 35.5 Å². The molecular weight excluding hydrogens is 246 g/mol. The number of carbonyl (C=O) groups excluding carboxylic acids is 2. The SMILES string of the molecule is CC(=O)CC(=O)OC/C=C/c1ccc(N=[N+]=[N-])cc1. The van der Waals surface area contributed by atoms with E-state index in [1.807, 2.05) is 0 Å². The number of nitrogens with zero attached hydrogens (tertiary/aromatic N) is 3. The van der Waals surface area contributed by atoms with E-state index in [2.05, 4.69) is 10.0 Å². The molecule has 0 aliphatic carbocycles. The summed E-state index contributed by atoms with van der Waals surface area (Å²) in [6.45, 7) is 1.45. The zero-order chi connectivity index (χ0) is 14.1. The minimum Gasteiger partial charge on any atom is -0.461 e. The van der Waals surface area contributed by atoms with E-state index in [-0.39, 0.29) is 18.8 Å². The van der Waals surface area contributed by atoms with Crippen molar-refractivity contribution in [2.75, 3.05) is 6.61 Å². The van der Waals surface area contributed by atoms with Crippen LogP contribution in [-0.2, 0) is 14.3 Å². The smallest absolute Gasteiger partial charge is 0.313 e. The molecule has 0 atom stereocenters. The van der Waals surface area contributed by atoms with Crippen LogP contribution in [0, 0.1) is 0 Å². The fourth-order valence-electron chi connectivity index (χ4n) is 1.28. The van der Waals surface area contributed by atoms with Gasteiger partial charge in [0.25, 0.3) is 0 Å². The molecule has 0 aliphatic rings. The summed E-state index contributed by atoms with van der Waals surface area (Å²) in [6, 6.07) is 6.91. The van der Waals surface area contributed by atoms with E-state index in [4.69, 9.17) is 10.3 Å². The van der Waals surface area contributed by atoms with Crippen LogP contribution in [0.25, 0.3) is 16.5 Å². The van der Waals surface area contributed by atoms with Gasteiger partial charge in [0.05, 0.1) is 0 Å². The number of hydrogen-bond acceptors (Lipinski definition) is 4. The van der Waals surface area contributed by atoms with Gasteiger partial charge in [0.1, 0.15) is 18.8 Å². The van der Waals surface area contributed by atoms with Crippen molar-refractivity contribution in [3.63, 3.8) is 0 Å². The molecule has 98 valence electrons. The predicted molar refractivity (Wildman–Crippen MR) is 70.5 cm³/mol. The van der Waals surface area contributed by atoms with Crippen LogP contribution in [0.3, 0.4) is 0 Å². The van der Waals surface area contributed by atoms with E-state index in [1.54, 1.807) is 36.4 Å². The van der Waals surface area contributed by atoms with E-state index in [9.17, 15) is 9.59 Å². The lowest BCUT2D eigenvalue weighted by Crippen LogP contribution is -2.08. The third-order valence-electron chi connectivity index (χ3n) is 2.10. The van der Waals surface area contributed by atoms with E-state index < -0.39 is 5.97 Å². The Morgan fingerprint density at radius 3 is 2.63 bits per heavy atom. The third kappa shape index (κ3) is 6.05. The first-order chi connectivity index (χ1) is 9.11. The molecule has 6 nitrogen and oxygen atoms in total. The van der Waals surface area contributed by atoms with Gasteiger partial charge in [0.2, 0.25) is 0 Å². The summed E-state index contributed by atoms with van der Waals surface area (Å²) >= 11 is 0. The summed E-state index contributed by atoms with van der Waals surface area (Å²) < 4.78 is 4.82. The van der Waals surface area contributed by atoms with Gasteiger partial charge in [-0.2, -0.15) is 0 Å². The molecule has 0 bridgehead atoms. The molecule has 0 unspecified atom stereocenters. The Kier molecular flexibility index (Phi) is 5.85. The maximum Gasteiger partial charge on any atom is 0.313 e. The molecule has 1 rings (SSSR count). The number of hydrogen-bond donors (Lipinski definition) is 0. The van der Waals surface area contributed by atoms with Crippen LogP contribution in [0.5, 0.6) is 0 Å². The standard InChI is InChI=1S/C13H13N3O3/c1-10(17)9-13(18)19-8-2-3-11-4-6-12(7-5-11)15-16-14/h2-7H,8-9H2,1H3/b3-2+. The van der Waals surface area contributed by atoms with Crippen molar-refractivity contribution in [3.8, 4) is 0 Å². The van der Waals surface area contributed by atoms with E-state index in [0.717, 1.165) is 5.56 Å². The van der Waals surface area contributed by atoms with Crippen molar-refractivity contribution in [3.05, 3.63) is 46.3 Å². The molecule has 1 aromatic carbocycles. The summed E-state index contributed by atoms with van der Waals surface area (Å²) in [7, 11) is 0. The number of rotatable bonds is 6. The lowest BCUT2D eigenvalue weighted by atomic mass is 10.2. The number of Topliss-reactive ketones (excluding diaryl/α,β-unsaturated/α-hetero) is 1. The van der Waals surface area contributed by atoms with Crippen LogP contribution in [0.4, 0.5) is 5.69 Å². The van der Waals surface area contributed by atoms with E-state index >= 15 is 0 Å². The second-order valence-electron chi connectivity index (χ2n) is 3.75. The Morgan fingerprint density at radius 2 is 2.05 bits per heavy atom. The Bertz CT molecular complexity index is 529. The molecule has 0 fully saturated rings. The van der Waals surface area contributed by atoms with Crippen LogP contribution in [0.2, 0.25) is 0 Å². The number of ether oxygens (including phenoxy) is 1. The van der Waals surface area contributed by atoms with Crippen molar-refractivity contribution in [2.45, 2.75) is 13.3 Å². The lowest BCUT2D eigenvalue weighted by Gasteiger charge is -1.99. The fourth-order valence-corrected chi connectivity index (χ4v) is 1.28. The van der Waals surface area contributed by atoms with Gasteiger partial charge in [-0.15, -0.1) is 0 Å². The Labute approximate surface area is 110 Å². The first-order valence-corrected chi connectivity index (χ1v) is 5.58. The first kappa shape index (κ1) is 14.5. The van der Waals surface area contributed by atoms with Crippen molar-refractivity contribution in [2.24, 2.45) is 5.11 Å². The Morgan fingerprint density at radius 1 is 1.37 bits per heavy atom. The molecule has 0 aromatic heterocycles. The summed E-state index contributed by atoms with van der Waals surface area (Å²) in [4.78, 5) is 24.4. The number of benzene rings is 1. The molecule has 19 heavy (non-hydrogen) atoms. The lowest BCUT2D eigenvalue weighted by molar-refractivity contribution is -0.144. The zero-order valence-corrected chi connectivity index (χ0v) is 10.4. The highest BCUT2D eigenvalue weighted by Gasteiger charge is 2.04. The fraction of sp³-hybridized carbons (Fsp3) is 0.231. The molecule has 0 N–H and O–H groups in total. The minimum absolute atomic E-state index is 0.115. The van der Waals surface area contributed by atoms with Crippen molar-refractivity contribution in [1.82, 2.24) is 0 Å². The number of esters is 1. The average molecular weight is 259 g/mol. The second-order valence-corrected chi connectivity index (χ2v) is 3.75. The summed E-state index contributed by atoms with van der Waals surface area (Å²) in [5.41, 5.74) is 9.67. The highest BCUT2D eigenvalue weighted by molar-refractivity contribution is 5.94. The van der Waals surface area contributed by atoms with Crippen LogP contribution >= 0.6 is 0 Å². The third-order valence-corrected chi connectivity index (χ3v) is 2.10. The maximum absolute atomic E-state index is 11.1. The zero-order valence-electron chi connectivity index (χ0n) is 10.4. The molecule has 0 spiro atoms. The highest BCUT2D eigenvalue weighted by Crippen LogP contribution is 2.13. The second kappa shape index (κ2) is 7.68. The summed E-state index contributed by atoms with van der Waals surface area (Å²) in [5.74, 6) is -0.751. The van der Waals surface area contributed by atoms with Gasteiger partial charge >= 0.3 is 5.97 Å². The Balaban J connectivity index is 2.42. The van der Waals surface area contributed by atoms with Gasteiger partial charge in [-0.05, 0) is 24.1 Å². The summed E-state index contributed by atoms with van der Waals surface area (Å²) in [6.07, 6.45) is 3.23. The molecule has 0 saturated heterocycles. The van der Waals surface area contributed by atoms with Gasteiger partial charge in [0.15, 0.2) is 0 Å². The molecule has 1 aromatic rings. The highest BCUT2D eigenvalue weighted by atomic mass is 16.5. The Hall–Kier alpha value is -2.59. The van der Waals surface area contributed by atoms with Crippen molar-refractivity contribution in [1.29, 1.82) is 0 Å². The van der Waals surface area contributed by atoms with Gasteiger partial charge in [-0.1, -0.05) is 35.5 Å². The molecule has 0 saturated carbocycles. The first-order valence-electron chi connectivity index (χ1n) is 5.58. The largest absolute Gasteiger partial charge is 0.461 e. The number of azide groups is 1. The number of ketones is 1. The van der Waals surface area contributed by atoms with Crippen LogP contribution in [-0.4, -0.2) is 18.4 Å². The minimum atomic E-state index is -0.532. The quantitative estimate of drug-likeness (QED) is 0.258. The van der Waals surface area contributed by atoms with Gasteiger partial charge in [-0.3, -0.25) is 9.59 Å².